The van der Waals surface area contributed by atoms with E-state index in [9.17, 15) is 4.79 Å². The van der Waals surface area contributed by atoms with Crippen LogP contribution in [-0.4, -0.2) is 16.1 Å². The van der Waals surface area contributed by atoms with Gasteiger partial charge in [-0.05, 0) is 24.6 Å². The summed E-state index contributed by atoms with van der Waals surface area (Å²) in [7, 11) is 0. The Kier molecular flexibility index (Phi) is 3.35. The van der Waals surface area contributed by atoms with Crippen molar-refractivity contribution >= 4 is 34.8 Å². The summed E-state index contributed by atoms with van der Waals surface area (Å²) in [6, 6.07) is 3.45. The number of carbonyl (C=O) groups is 1. The van der Waals surface area contributed by atoms with Crippen LogP contribution in [0, 0.1) is 6.92 Å². The third-order valence-corrected chi connectivity index (χ3v) is 4.06. The van der Waals surface area contributed by atoms with Gasteiger partial charge in [0.25, 0.3) is 0 Å². The second-order valence-corrected chi connectivity index (χ2v) is 5.62. The lowest BCUT2D eigenvalue weighted by Gasteiger charge is -2.07. The number of thiazole rings is 1. The van der Waals surface area contributed by atoms with Gasteiger partial charge in [0, 0.05) is 22.2 Å². The fourth-order valence-corrected chi connectivity index (χ4v) is 3.10. The molecule has 0 saturated carbocycles. The molecule has 2 rings (SSSR count). The van der Waals surface area contributed by atoms with Crippen LogP contribution in [0.1, 0.15) is 15.9 Å². The number of nitrogens with zero attached hydrogens (tertiary/aromatic N) is 1. The average molecular weight is 266 g/mol. The minimum Gasteiger partial charge on any atom is -0.478 e. The topological polar surface area (TPSA) is 76.2 Å². The zero-order valence-electron chi connectivity index (χ0n) is 9.01. The lowest BCUT2D eigenvalue weighted by atomic mass is 10.1. The Balaban J connectivity index is 2.39. The van der Waals surface area contributed by atoms with Gasteiger partial charge in [-0.25, -0.2) is 9.78 Å². The highest BCUT2D eigenvalue weighted by atomic mass is 32.2. The van der Waals surface area contributed by atoms with Crippen molar-refractivity contribution in [2.75, 3.05) is 5.73 Å². The smallest absolute Gasteiger partial charge is 0.337 e. The first-order valence-electron chi connectivity index (χ1n) is 4.78. The molecule has 4 nitrogen and oxygen atoms in total. The Morgan fingerprint density at radius 3 is 2.88 bits per heavy atom. The predicted molar refractivity (Wildman–Crippen MR) is 68.8 cm³/mol. The van der Waals surface area contributed by atoms with Gasteiger partial charge < -0.3 is 10.8 Å². The Bertz CT molecular complexity index is 553. The molecule has 2 aromatic rings. The lowest BCUT2D eigenvalue weighted by Crippen LogP contribution is -2.04. The summed E-state index contributed by atoms with van der Waals surface area (Å²) in [5.74, 6) is -1.01. The van der Waals surface area contributed by atoms with E-state index in [1.54, 1.807) is 19.2 Å². The molecule has 0 fully saturated rings. The van der Waals surface area contributed by atoms with E-state index in [-0.39, 0.29) is 5.56 Å². The van der Waals surface area contributed by atoms with Gasteiger partial charge in [-0.1, -0.05) is 11.8 Å². The predicted octanol–water partition coefficient (Wildman–Crippen LogP) is 2.88. The summed E-state index contributed by atoms with van der Waals surface area (Å²) in [6.45, 7) is 1.80. The van der Waals surface area contributed by atoms with Crippen molar-refractivity contribution in [3.05, 3.63) is 34.8 Å². The quantitative estimate of drug-likeness (QED) is 0.835. The molecule has 88 valence electrons. The first-order chi connectivity index (χ1) is 8.08. The van der Waals surface area contributed by atoms with Gasteiger partial charge in [-0.15, -0.1) is 11.3 Å². The van der Waals surface area contributed by atoms with Gasteiger partial charge >= 0.3 is 5.97 Å². The number of aryl methyl sites for hydroxylation is 1. The molecule has 0 bridgehead atoms. The maximum absolute atomic E-state index is 11.0. The Morgan fingerprint density at radius 1 is 1.53 bits per heavy atom. The second kappa shape index (κ2) is 4.77. The lowest BCUT2D eigenvalue weighted by molar-refractivity contribution is 0.0697. The summed E-state index contributed by atoms with van der Waals surface area (Å²) in [4.78, 5) is 16.0. The van der Waals surface area contributed by atoms with E-state index in [0.717, 1.165) is 14.8 Å². The number of nitrogen functional groups attached to an aromatic ring is 1. The molecule has 0 unspecified atom stereocenters. The van der Waals surface area contributed by atoms with Crippen LogP contribution in [0.5, 0.6) is 0 Å². The molecule has 1 aromatic heterocycles. The van der Waals surface area contributed by atoms with Crippen molar-refractivity contribution in [1.82, 2.24) is 4.98 Å². The van der Waals surface area contributed by atoms with E-state index in [1.807, 2.05) is 11.4 Å². The van der Waals surface area contributed by atoms with E-state index < -0.39 is 5.97 Å². The molecule has 0 atom stereocenters. The van der Waals surface area contributed by atoms with Gasteiger partial charge in [0.2, 0.25) is 0 Å². The average Bonchev–Trinajstić information content (AvgIpc) is 2.75. The van der Waals surface area contributed by atoms with Crippen LogP contribution in [0.2, 0.25) is 0 Å². The van der Waals surface area contributed by atoms with E-state index in [0.29, 0.717) is 5.69 Å². The van der Waals surface area contributed by atoms with Crippen LogP contribution in [0.3, 0.4) is 0 Å². The van der Waals surface area contributed by atoms with Crippen LogP contribution >= 0.6 is 23.1 Å². The third-order valence-electron chi connectivity index (χ3n) is 2.21. The number of aromatic carboxylic acids is 1. The number of carboxylic acid groups (broad SMARTS) is 1. The van der Waals surface area contributed by atoms with Crippen LogP contribution < -0.4 is 5.73 Å². The van der Waals surface area contributed by atoms with Crippen LogP contribution in [0.4, 0.5) is 5.69 Å². The van der Waals surface area contributed by atoms with Gasteiger partial charge in [-0.2, -0.15) is 0 Å². The monoisotopic (exact) mass is 266 g/mol. The van der Waals surface area contributed by atoms with Crippen LogP contribution in [-0.2, 0) is 0 Å². The highest BCUT2D eigenvalue weighted by Crippen LogP contribution is 2.32. The van der Waals surface area contributed by atoms with E-state index in [1.165, 1.54) is 23.1 Å². The van der Waals surface area contributed by atoms with Crippen molar-refractivity contribution in [2.24, 2.45) is 0 Å². The molecule has 1 heterocycles. The van der Waals surface area contributed by atoms with Gasteiger partial charge in [-0.3, -0.25) is 0 Å². The molecule has 0 aliphatic heterocycles. The van der Waals surface area contributed by atoms with Gasteiger partial charge in [0.15, 0.2) is 4.34 Å². The summed E-state index contributed by atoms with van der Waals surface area (Å²) in [5.41, 5.74) is 6.95. The number of aromatic nitrogens is 1. The number of anilines is 1. The molecule has 1 aromatic carbocycles. The fraction of sp³-hybridized carbons (Fsp3) is 0.0909. The van der Waals surface area contributed by atoms with Crippen LogP contribution in [0.25, 0.3) is 0 Å². The summed E-state index contributed by atoms with van der Waals surface area (Å²) in [5, 5.41) is 10.9. The van der Waals surface area contributed by atoms with Crippen molar-refractivity contribution in [3.8, 4) is 0 Å². The first-order valence-corrected chi connectivity index (χ1v) is 6.48. The van der Waals surface area contributed by atoms with Gasteiger partial charge in [0.05, 0.1) is 5.56 Å². The zero-order valence-corrected chi connectivity index (χ0v) is 10.6. The van der Waals surface area contributed by atoms with Gasteiger partial charge in [0.1, 0.15) is 0 Å². The number of hydrogen-bond donors (Lipinski definition) is 2. The summed E-state index contributed by atoms with van der Waals surface area (Å²) >= 11 is 2.95. The number of nitrogens with two attached hydrogens (primary N) is 1. The minimum atomic E-state index is -1.01. The molecule has 6 heteroatoms. The van der Waals surface area contributed by atoms with Crippen molar-refractivity contribution in [3.63, 3.8) is 0 Å². The highest BCUT2D eigenvalue weighted by molar-refractivity contribution is 8.01. The summed E-state index contributed by atoms with van der Waals surface area (Å²) < 4.78 is 0.880. The fourth-order valence-electron chi connectivity index (χ4n) is 1.36. The first kappa shape index (κ1) is 11.9. The number of hydrogen-bond acceptors (Lipinski definition) is 5. The Morgan fingerprint density at radius 2 is 2.29 bits per heavy atom. The number of benzene rings is 1. The van der Waals surface area contributed by atoms with Crippen LogP contribution in [0.15, 0.2) is 32.9 Å². The standard InChI is InChI=1S/C11H10N2O2S2/c1-6-4-7(17-11-13-2-3-16-11)5-8(9(6)12)10(14)15/h2-5H,12H2,1H3,(H,14,15). The molecule has 0 saturated heterocycles. The maximum Gasteiger partial charge on any atom is 0.337 e. The molecule has 0 radical (unpaired) electrons. The Labute approximate surface area is 106 Å². The molecule has 3 N–H and O–H groups in total. The van der Waals surface area contributed by atoms with Crippen molar-refractivity contribution in [1.29, 1.82) is 0 Å². The largest absolute Gasteiger partial charge is 0.478 e. The SMILES string of the molecule is Cc1cc(Sc2nccs2)cc(C(=O)O)c1N. The van der Waals surface area contributed by atoms with E-state index >= 15 is 0 Å². The number of rotatable bonds is 3. The molecular weight excluding hydrogens is 256 g/mol. The maximum atomic E-state index is 11.0. The zero-order chi connectivity index (χ0) is 12.4. The van der Waals surface area contributed by atoms with Crippen molar-refractivity contribution in [2.45, 2.75) is 16.2 Å². The third kappa shape index (κ3) is 2.59. The molecule has 0 amide bonds. The molecule has 0 aliphatic carbocycles. The summed E-state index contributed by atoms with van der Waals surface area (Å²) in [6.07, 6.45) is 1.72. The Hall–Kier alpha value is -1.53. The normalized spacial score (nSPS) is 10.4. The second-order valence-electron chi connectivity index (χ2n) is 3.41. The minimum absolute atomic E-state index is 0.143. The molecular formula is C11H10N2O2S2. The van der Waals surface area contributed by atoms with E-state index in [2.05, 4.69) is 4.98 Å². The van der Waals surface area contributed by atoms with E-state index in [4.69, 9.17) is 10.8 Å². The molecule has 0 spiro atoms. The van der Waals surface area contributed by atoms with Crippen molar-refractivity contribution < 1.29 is 9.90 Å². The molecule has 0 aliphatic rings. The highest BCUT2D eigenvalue weighted by Gasteiger charge is 2.12. The molecule has 17 heavy (non-hydrogen) atoms. The number of carboxylic acids is 1.